The number of nitrogens with one attached hydrogen (secondary N) is 1. The first-order valence-corrected chi connectivity index (χ1v) is 8.40. The molecule has 1 saturated carbocycles. The molecule has 0 saturated heterocycles. The minimum atomic E-state index is -0.483. The summed E-state index contributed by atoms with van der Waals surface area (Å²) in [6.07, 6.45) is 5.87. The fraction of sp³-hybridized carbons (Fsp3) is 0.556. The molecular formula is C18H26N4O. The van der Waals surface area contributed by atoms with Gasteiger partial charge >= 0.3 is 0 Å². The van der Waals surface area contributed by atoms with E-state index in [0.717, 1.165) is 35.1 Å². The van der Waals surface area contributed by atoms with E-state index in [0.29, 0.717) is 12.1 Å². The fourth-order valence-corrected chi connectivity index (χ4v) is 3.38. The van der Waals surface area contributed by atoms with E-state index in [4.69, 9.17) is 0 Å². The molecule has 1 unspecified atom stereocenters. The van der Waals surface area contributed by atoms with Gasteiger partial charge in [0, 0.05) is 17.5 Å². The normalized spacial score (nSPS) is 23.2. The highest BCUT2D eigenvalue weighted by atomic mass is 16.3. The summed E-state index contributed by atoms with van der Waals surface area (Å²) in [5, 5.41) is 14.4. The molecule has 1 aliphatic rings. The van der Waals surface area contributed by atoms with Crippen LogP contribution in [0.5, 0.6) is 0 Å². The smallest absolute Gasteiger partial charge is 0.137 e. The lowest BCUT2D eigenvalue weighted by molar-refractivity contribution is 0.199. The van der Waals surface area contributed by atoms with E-state index in [2.05, 4.69) is 34.3 Å². The Balaban J connectivity index is 1.79. The highest BCUT2D eigenvalue weighted by Gasteiger charge is 2.23. The Labute approximate surface area is 137 Å². The third-order valence-corrected chi connectivity index (χ3v) is 4.91. The van der Waals surface area contributed by atoms with Crippen molar-refractivity contribution in [1.82, 2.24) is 14.9 Å². The second-order valence-corrected chi connectivity index (χ2v) is 6.79. The van der Waals surface area contributed by atoms with Gasteiger partial charge in [0.2, 0.25) is 0 Å². The summed E-state index contributed by atoms with van der Waals surface area (Å²) >= 11 is 0. The summed E-state index contributed by atoms with van der Waals surface area (Å²) in [6, 6.07) is 7.02. The number of hydrogen-bond donors (Lipinski definition) is 2. The van der Waals surface area contributed by atoms with Crippen molar-refractivity contribution >= 4 is 16.7 Å². The van der Waals surface area contributed by atoms with Crippen LogP contribution >= 0.6 is 0 Å². The monoisotopic (exact) mass is 314 g/mol. The zero-order valence-electron chi connectivity index (χ0n) is 14.2. The van der Waals surface area contributed by atoms with Gasteiger partial charge in [-0.15, -0.1) is 0 Å². The largest absolute Gasteiger partial charge is 0.389 e. The van der Waals surface area contributed by atoms with Crippen molar-refractivity contribution < 1.29 is 5.11 Å². The zero-order valence-corrected chi connectivity index (χ0v) is 14.2. The van der Waals surface area contributed by atoms with Gasteiger partial charge in [-0.1, -0.05) is 6.07 Å². The van der Waals surface area contributed by atoms with E-state index in [1.54, 1.807) is 13.3 Å². The molecule has 1 aromatic carbocycles. The number of aliphatic hydroxyl groups excluding tert-OH is 1. The SMILES string of the molecule is CC(O)c1ccc2ncnc(NC3CCC(N(C)C)CC3)c2c1. The minimum Gasteiger partial charge on any atom is -0.389 e. The quantitative estimate of drug-likeness (QED) is 0.908. The first kappa shape index (κ1) is 16.1. The molecule has 23 heavy (non-hydrogen) atoms. The molecule has 0 radical (unpaired) electrons. The summed E-state index contributed by atoms with van der Waals surface area (Å²) < 4.78 is 0. The highest BCUT2D eigenvalue weighted by Crippen LogP contribution is 2.28. The van der Waals surface area contributed by atoms with Crippen molar-refractivity contribution in [3.05, 3.63) is 30.1 Å². The van der Waals surface area contributed by atoms with Gasteiger partial charge in [-0.05, 0) is 64.4 Å². The lowest BCUT2D eigenvalue weighted by Crippen LogP contribution is -2.36. The topological polar surface area (TPSA) is 61.3 Å². The molecule has 1 atom stereocenters. The Bertz CT molecular complexity index is 663. The molecule has 0 spiro atoms. The van der Waals surface area contributed by atoms with Gasteiger partial charge in [0.1, 0.15) is 12.1 Å². The lowest BCUT2D eigenvalue weighted by atomic mass is 9.90. The van der Waals surface area contributed by atoms with E-state index in [-0.39, 0.29) is 0 Å². The fourth-order valence-electron chi connectivity index (χ4n) is 3.38. The van der Waals surface area contributed by atoms with Crippen LogP contribution in [0, 0.1) is 0 Å². The van der Waals surface area contributed by atoms with Crippen LogP contribution in [0.4, 0.5) is 5.82 Å². The van der Waals surface area contributed by atoms with Crippen molar-refractivity contribution in [2.24, 2.45) is 0 Å². The Morgan fingerprint density at radius 2 is 1.91 bits per heavy atom. The molecule has 124 valence electrons. The molecule has 5 heteroatoms. The molecule has 5 nitrogen and oxygen atoms in total. The van der Waals surface area contributed by atoms with Crippen LogP contribution in [0.1, 0.15) is 44.3 Å². The van der Waals surface area contributed by atoms with Crippen molar-refractivity contribution in [2.45, 2.75) is 50.8 Å². The number of benzene rings is 1. The van der Waals surface area contributed by atoms with E-state index in [9.17, 15) is 5.11 Å². The first-order valence-electron chi connectivity index (χ1n) is 8.40. The highest BCUT2D eigenvalue weighted by molar-refractivity contribution is 5.89. The van der Waals surface area contributed by atoms with Crippen molar-refractivity contribution in [2.75, 3.05) is 19.4 Å². The van der Waals surface area contributed by atoms with E-state index in [1.807, 2.05) is 18.2 Å². The standard InChI is InChI=1S/C18H26N4O/c1-12(23)13-4-9-17-16(10-13)18(20-11-19-17)21-14-5-7-15(8-6-14)22(2)3/h4,9-12,14-15,23H,5-8H2,1-3H3,(H,19,20,21). The number of aromatic nitrogens is 2. The van der Waals surface area contributed by atoms with Crippen molar-refractivity contribution in [1.29, 1.82) is 0 Å². The van der Waals surface area contributed by atoms with Crippen LogP contribution in [0.2, 0.25) is 0 Å². The lowest BCUT2D eigenvalue weighted by Gasteiger charge is -2.33. The molecule has 0 bridgehead atoms. The molecule has 2 N–H and O–H groups in total. The average Bonchev–Trinajstić information content (AvgIpc) is 2.55. The maximum absolute atomic E-state index is 9.81. The van der Waals surface area contributed by atoms with Gasteiger partial charge in [-0.2, -0.15) is 0 Å². The summed E-state index contributed by atoms with van der Waals surface area (Å²) in [5.41, 5.74) is 1.81. The average molecular weight is 314 g/mol. The predicted molar refractivity (Wildman–Crippen MR) is 93.5 cm³/mol. The third kappa shape index (κ3) is 3.62. The number of rotatable bonds is 4. The van der Waals surface area contributed by atoms with Gasteiger partial charge in [0.15, 0.2) is 0 Å². The van der Waals surface area contributed by atoms with Crippen molar-refractivity contribution in [3.63, 3.8) is 0 Å². The van der Waals surface area contributed by atoms with Crippen LogP contribution in [0.15, 0.2) is 24.5 Å². The first-order chi connectivity index (χ1) is 11.0. The molecule has 0 aliphatic heterocycles. The molecule has 1 aliphatic carbocycles. The summed E-state index contributed by atoms with van der Waals surface area (Å²) in [5.74, 6) is 0.880. The zero-order chi connectivity index (χ0) is 16.4. The summed E-state index contributed by atoms with van der Waals surface area (Å²) in [6.45, 7) is 1.78. The molecular weight excluding hydrogens is 288 g/mol. The minimum absolute atomic E-state index is 0.458. The van der Waals surface area contributed by atoms with E-state index >= 15 is 0 Å². The van der Waals surface area contributed by atoms with Crippen LogP contribution in [0.3, 0.4) is 0 Å². The Kier molecular flexibility index (Phi) is 4.78. The molecule has 0 amide bonds. The van der Waals surface area contributed by atoms with Crippen molar-refractivity contribution in [3.8, 4) is 0 Å². The number of nitrogens with zero attached hydrogens (tertiary/aromatic N) is 3. The summed E-state index contributed by atoms with van der Waals surface area (Å²) in [7, 11) is 4.32. The van der Waals surface area contributed by atoms with Crippen LogP contribution in [0.25, 0.3) is 10.9 Å². The van der Waals surface area contributed by atoms with E-state index < -0.39 is 6.10 Å². The second-order valence-electron chi connectivity index (χ2n) is 6.79. The molecule has 1 fully saturated rings. The van der Waals surface area contributed by atoms with Crippen LogP contribution in [-0.2, 0) is 0 Å². The van der Waals surface area contributed by atoms with Gasteiger partial charge in [-0.3, -0.25) is 0 Å². The van der Waals surface area contributed by atoms with Crippen LogP contribution < -0.4 is 5.32 Å². The van der Waals surface area contributed by atoms with Gasteiger partial charge in [0.25, 0.3) is 0 Å². The maximum Gasteiger partial charge on any atom is 0.137 e. The molecule has 1 aromatic heterocycles. The molecule has 2 aromatic rings. The number of anilines is 1. The Morgan fingerprint density at radius 3 is 2.57 bits per heavy atom. The number of hydrogen-bond acceptors (Lipinski definition) is 5. The summed E-state index contributed by atoms with van der Waals surface area (Å²) in [4.78, 5) is 11.1. The number of aliphatic hydroxyl groups is 1. The third-order valence-electron chi connectivity index (χ3n) is 4.91. The van der Waals surface area contributed by atoms with Gasteiger partial charge in [0.05, 0.1) is 11.6 Å². The molecule has 3 rings (SSSR count). The van der Waals surface area contributed by atoms with Gasteiger partial charge < -0.3 is 15.3 Å². The second kappa shape index (κ2) is 6.81. The van der Waals surface area contributed by atoms with Gasteiger partial charge in [-0.25, -0.2) is 9.97 Å². The molecule has 1 heterocycles. The Hall–Kier alpha value is -1.72. The predicted octanol–water partition coefficient (Wildman–Crippen LogP) is 2.97. The maximum atomic E-state index is 9.81. The van der Waals surface area contributed by atoms with Crippen LogP contribution in [-0.4, -0.2) is 46.2 Å². The van der Waals surface area contributed by atoms with E-state index in [1.165, 1.54) is 12.8 Å². The Morgan fingerprint density at radius 1 is 1.17 bits per heavy atom. The number of fused-ring (bicyclic) bond motifs is 1.